The number of nitrogens with zero attached hydrogens (tertiary/aromatic N) is 1. The zero-order valence-corrected chi connectivity index (χ0v) is 17.9. The molecule has 4 nitrogen and oxygen atoms in total. The van der Waals surface area contributed by atoms with Gasteiger partial charge in [-0.2, -0.15) is 0 Å². The molecule has 1 saturated heterocycles. The van der Waals surface area contributed by atoms with Crippen LogP contribution in [0.3, 0.4) is 0 Å². The van der Waals surface area contributed by atoms with E-state index in [2.05, 4.69) is 5.32 Å². The van der Waals surface area contributed by atoms with Crippen molar-refractivity contribution in [3.63, 3.8) is 0 Å². The topological polar surface area (TPSA) is 49.4 Å². The molecule has 0 aromatic carbocycles. The maximum atomic E-state index is 12.5. The maximum absolute atomic E-state index is 12.5. The minimum absolute atomic E-state index is 0.00782. The quantitative estimate of drug-likeness (QED) is 0.365. The molecular formula is C20H26N2O2S3. The van der Waals surface area contributed by atoms with E-state index in [-0.39, 0.29) is 11.8 Å². The molecule has 1 saturated carbocycles. The highest BCUT2D eigenvalue weighted by molar-refractivity contribution is 8.26. The van der Waals surface area contributed by atoms with E-state index >= 15 is 0 Å². The van der Waals surface area contributed by atoms with Crippen LogP contribution in [0.25, 0.3) is 6.08 Å². The molecule has 27 heavy (non-hydrogen) atoms. The first-order chi connectivity index (χ1) is 13.1. The van der Waals surface area contributed by atoms with E-state index < -0.39 is 0 Å². The molecule has 3 rings (SSSR count). The molecule has 146 valence electrons. The van der Waals surface area contributed by atoms with E-state index in [1.54, 1.807) is 16.2 Å². The molecule has 1 aromatic heterocycles. The van der Waals surface area contributed by atoms with E-state index in [4.69, 9.17) is 12.2 Å². The first kappa shape index (κ1) is 20.6. The fourth-order valence-corrected chi connectivity index (χ4v) is 5.51. The highest BCUT2D eigenvalue weighted by Crippen LogP contribution is 2.33. The van der Waals surface area contributed by atoms with Crippen molar-refractivity contribution >= 4 is 57.5 Å². The van der Waals surface area contributed by atoms with Crippen LogP contribution in [0.1, 0.15) is 62.7 Å². The van der Waals surface area contributed by atoms with Crippen molar-refractivity contribution in [1.29, 1.82) is 0 Å². The lowest BCUT2D eigenvalue weighted by Crippen LogP contribution is -2.36. The van der Waals surface area contributed by atoms with Gasteiger partial charge in [0.2, 0.25) is 5.91 Å². The monoisotopic (exact) mass is 422 g/mol. The van der Waals surface area contributed by atoms with Crippen molar-refractivity contribution in [3.8, 4) is 0 Å². The zero-order valence-electron chi connectivity index (χ0n) is 15.4. The molecule has 2 heterocycles. The molecular weight excluding hydrogens is 396 g/mol. The molecule has 1 aliphatic carbocycles. The van der Waals surface area contributed by atoms with Crippen LogP contribution >= 0.6 is 35.3 Å². The van der Waals surface area contributed by atoms with Gasteiger partial charge in [-0.25, -0.2) is 0 Å². The SMILES string of the molecule is O=C(CCCCCN1C(=O)C(=Cc2cccs2)SC1=S)NC1CCCCC1. The Morgan fingerprint density at radius 1 is 1.26 bits per heavy atom. The number of nitrogens with one attached hydrogen (secondary N) is 1. The van der Waals surface area contributed by atoms with Crippen LogP contribution in [0.15, 0.2) is 22.4 Å². The van der Waals surface area contributed by atoms with Gasteiger partial charge in [0, 0.05) is 23.9 Å². The Balaban J connectivity index is 1.34. The molecule has 1 N–H and O–H groups in total. The van der Waals surface area contributed by atoms with Gasteiger partial charge >= 0.3 is 0 Å². The summed E-state index contributed by atoms with van der Waals surface area (Å²) in [4.78, 5) is 28.0. The molecule has 0 spiro atoms. The second-order valence-corrected chi connectivity index (χ2v) is 9.72. The van der Waals surface area contributed by atoms with Crippen LogP contribution in [0, 0.1) is 0 Å². The smallest absolute Gasteiger partial charge is 0.266 e. The van der Waals surface area contributed by atoms with E-state index in [0.29, 0.717) is 28.2 Å². The Bertz CT molecular complexity index is 694. The normalized spacial score (nSPS) is 19.9. The average Bonchev–Trinajstić information content (AvgIpc) is 3.26. The van der Waals surface area contributed by atoms with Crippen LogP contribution in [0.5, 0.6) is 0 Å². The number of thiocarbonyl (C=S) groups is 1. The van der Waals surface area contributed by atoms with Crippen LogP contribution in [0.2, 0.25) is 0 Å². The standard InChI is InChI=1S/C20H26N2O2S3/c23-18(21-15-8-3-1-4-9-15)11-5-2-6-12-22-19(24)17(27-20(22)25)14-16-10-7-13-26-16/h7,10,13-15H,1-6,8-9,11-12H2,(H,21,23). The van der Waals surface area contributed by atoms with Gasteiger partial charge < -0.3 is 5.32 Å². The average molecular weight is 423 g/mol. The Hall–Kier alpha value is -1.18. The Kier molecular flexibility index (Phi) is 7.91. The molecule has 0 radical (unpaired) electrons. The summed E-state index contributed by atoms with van der Waals surface area (Å²) in [5.74, 6) is 0.180. The summed E-state index contributed by atoms with van der Waals surface area (Å²) in [6, 6.07) is 4.36. The van der Waals surface area contributed by atoms with Gasteiger partial charge in [0.25, 0.3) is 5.91 Å². The second kappa shape index (κ2) is 10.4. The molecule has 0 atom stereocenters. The molecule has 2 aliphatic rings. The van der Waals surface area contributed by atoms with Crippen LogP contribution in [0.4, 0.5) is 0 Å². The van der Waals surface area contributed by atoms with Gasteiger partial charge in [-0.05, 0) is 43.2 Å². The van der Waals surface area contributed by atoms with Gasteiger partial charge in [-0.1, -0.05) is 55.7 Å². The van der Waals surface area contributed by atoms with E-state index in [9.17, 15) is 9.59 Å². The summed E-state index contributed by atoms with van der Waals surface area (Å²) in [5.41, 5.74) is 0. The molecule has 1 aromatic rings. The summed E-state index contributed by atoms with van der Waals surface area (Å²) >= 11 is 8.36. The van der Waals surface area contributed by atoms with Crippen LogP contribution in [-0.4, -0.2) is 33.6 Å². The molecule has 0 unspecified atom stereocenters. The minimum Gasteiger partial charge on any atom is -0.353 e. The van der Waals surface area contributed by atoms with Crippen molar-refractivity contribution in [3.05, 3.63) is 27.3 Å². The number of thiophene rings is 1. The minimum atomic E-state index is 0.00782. The number of thioether (sulfide) groups is 1. The fraction of sp³-hybridized carbons (Fsp3) is 0.550. The number of unbranched alkanes of at least 4 members (excludes halogenated alkanes) is 2. The first-order valence-corrected chi connectivity index (χ1v) is 11.8. The predicted octanol–water partition coefficient (Wildman–Crippen LogP) is 4.96. The largest absolute Gasteiger partial charge is 0.353 e. The number of hydrogen-bond donors (Lipinski definition) is 1. The lowest BCUT2D eigenvalue weighted by Gasteiger charge is -2.22. The number of amides is 2. The van der Waals surface area contributed by atoms with Crippen molar-refractivity contribution in [2.75, 3.05) is 6.54 Å². The van der Waals surface area contributed by atoms with Gasteiger partial charge in [0.05, 0.1) is 4.91 Å². The lowest BCUT2D eigenvalue weighted by atomic mass is 9.95. The Morgan fingerprint density at radius 3 is 2.81 bits per heavy atom. The summed E-state index contributed by atoms with van der Waals surface area (Å²) < 4.78 is 0.637. The van der Waals surface area contributed by atoms with Gasteiger partial charge in [0.15, 0.2) is 0 Å². The van der Waals surface area contributed by atoms with E-state index in [0.717, 1.165) is 37.0 Å². The highest BCUT2D eigenvalue weighted by atomic mass is 32.2. The summed E-state index contributed by atoms with van der Waals surface area (Å²) in [7, 11) is 0. The number of hydrogen-bond acceptors (Lipinski definition) is 5. The number of rotatable bonds is 8. The summed E-state index contributed by atoms with van der Waals surface area (Å²) in [6.07, 6.45) is 11.2. The Morgan fingerprint density at radius 2 is 2.07 bits per heavy atom. The third kappa shape index (κ3) is 6.16. The van der Waals surface area contributed by atoms with Crippen molar-refractivity contribution in [2.45, 2.75) is 63.8 Å². The summed E-state index contributed by atoms with van der Waals surface area (Å²) in [6.45, 7) is 0.636. The maximum Gasteiger partial charge on any atom is 0.266 e. The number of carbonyl (C=O) groups is 2. The van der Waals surface area contributed by atoms with Gasteiger partial charge in [0.1, 0.15) is 4.32 Å². The molecule has 1 aliphatic heterocycles. The lowest BCUT2D eigenvalue weighted by molar-refractivity contribution is -0.123. The molecule has 0 bridgehead atoms. The van der Waals surface area contributed by atoms with Crippen molar-refractivity contribution in [1.82, 2.24) is 10.2 Å². The van der Waals surface area contributed by atoms with Gasteiger partial charge in [-0.3, -0.25) is 14.5 Å². The molecule has 2 amide bonds. The number of carbonyl (C=O) groups excluding carboxylic acids is 2. The van der Waals surface area contributed by atoms with Crippen LogP contribution in [-0.2, 0) is 9.59 Å². The predicted molar refractivity (Wildman–Crippen MR) is 118 cm³/mol. The van der Waals surface area contributed by atoms with Crippen LogP contribution < -0.4 is 5.32 Å². The van der Waals surface area contributed by atoms with Gasteiger partial charge in [-0.15, -0.1) is 11.3 Å². The Labute approximate surface area is 174 Å². The molecule has 2 fully saturated rings. The molecule has 7 heteroatoms. The van der Waals surface area contributed by atoms with Crippen molar-refractivity contribution in [2.24, 2.45) is 0 Å². The highest BCUT2D eigenvalue weighted by Gasteiger charge is 2.31. The second-order valence-electron chi connectivity index (χ2n) is 7.06. The summed E-state index contributed by atoms with van der Waals surface area (Å²) in [5, 5.41) is 5.15. The zero-order chi connectivity index (χ0) is 19.1. The third-order valence-corrected chi connectivity index (χ3v) is 7.14. The van der Waals surface area contributed by atoms with Crippen molar-refractivity contribution < 1.29 is 9.59 Å². The first-order valence-electron chi connectivity index (χ1n) is 9.72. The third-order valence-electron chi connectivity index (χ3n) is 4.95. The van der Waals surface area contributed by atoms with E-state index in [1.807, 2.05) is 23.6 Å². The van der Waals surface area contributed by atoms with E-state index in [1.165, 1.54) is 31.0 Å². The fourth-order valence-electron chi connectivity index (χ4n) is 3.47.